The van der Waals surface area contributed by atoms with Crippen LogP contribution in [-0.4, -0.2) is 20.3 Å². The third-order valence-corrected chi connectivity index (χ3v) is 3.95. The third-order valence-electron chi connectivity index (χ3n) is 3.15. The second-order valence-corrected chi connectivity index (χ2v) is 4.95. The van der Waals surface area contributed by atoms with Crippen LogP contribution in [0, 0.1) is 17.6 Å². The van der Waals surface area contributed by atoms with E-state index in [1.165, 1.54) is 0 Å². The molecule has 1 aliphatic rings. The maximum absolute atomic E-state index is 13.5. The molecule has 2 unspecified atom stereocenters. The van der Waals surface area contributed by atoms with Gasteiger partial charge in [-0.05, 0) is 41.0 Å². The first kappa shape index (κ1) is 12.9. The van der Waals surface area contributed by atoms with E-state index in [0.29, 0.717) is 12.5 Å². The smallest absolute Gasteiger partial charge is 0.173 e. The van der Waals surface area contributed by atoms with Crippen LogP contribution in [0.2, 0.25) is 0 Å². The average Bonchev–Trinajstić information content (AvgIpc) is 2.84. The van der Waals surface area contributed by atoms with E-state index in [-0.39, 0.29) is 10.5 Å². The van der Waals surface area contributed by atoms with Crippen molar-refractivity contribution in [1.29, 1.82) is 0 Å². The number of nitrogens with one attached hydrogen (secondary N) is 1. The summed E-state index contributed by atoms with van der Waals surface area (Å²) in [4.78, 5) is 0. The van der Waals surface area contributed by atoms with Gasteiger partial charge in [0.1, 0.15) is 0 Å². The summed E-state index contributed by atoms with van der Waals surface area (Å²) < 4.78 is 32.1. The van der Waals surface area contributed by atoms with Crippen LogP contribution in [0.25, 0.3) is 0 Å². The van der Waals surface area contributed by atoms with Crippen molar-refractivity contribution in [3.8, 4) is 0 Å². The van der Waals surface area contributed by atoms with E-state index in [1.54, 1.807) is 6.07 Å². The van der Waals surface area contributed by atoms with Gasteiger partial charge in [-0.25, -0.2) is 8.78 Å². The molecular weight excluding hydrogens is 292 g/mol. The highest BCUT2D eigenvalue weighted by Crippen LogP contribution is 2.34. The average molecular weight is 306 g/mol. The number of hydrogen-bond donors (Lipinski definition) is 1. The van der Waals surface area contributed by atoms with E-state index in [0.717, 1.165) is 24.7 Å². The van der Waals surface area contributed by atoms with Crippen molar-refractivity contribution in [2.45, 2.75) is 12.5 Å². The summed E-state index contributed by atoms with van der Waals surface area (Å²) in [5, 5.41) is 3.15. The molecule has 0 spiro atoms. The highest BCUT2D eigenvalue weighted by atomic mass is 79.9. The van der Waals surface area contributed by atoms with Crippen LogP contribution in [0.5, 0.6) is 0 Å². The summed E-state index contributed by atoms with van der Waals surface area (Å²) in [6.45, 7) is 1.38. The molecule has 2 atom stereocenters. The lowest BCUT2D eigenvalue weighted by atomic mass is 9.92. The van der Waals surface area contributed by atoms with Gasteiger partial charge in [-0.1, -0.05) is 6.07 Å². The molecule has 2 rings (SSSR count). The van der Waals surface area contributed by atoms with E-state index >= 15 is 0 Å². The van der Waals surface area contributed by atoms with Gasteiger partial charge in [-0.15, -0.1) is 0 Å². The number of benzene rings is 1. The van der Waals surface area contributed by atoms with E-state index in [2.05, 4.69) is 21.2 Å². The molecule has 0 saturated carbocycles. The van der Waals surface area contributed by atoms with Crippen molar-refractivity contribution < 1.29 is 13.5 Å². The topological polar surface area (TPSA) is 21.3 Å². The molecular formula is C12H14BrF2NO. The maximum atomic E-state index is 13.5. The molecule has 1 aromatic carbocycles. The number of halogens is 3. The van der Waals surface area contributed by atoms with Gasteiger partial charge in [0.05, 0.1) is 11.1 Å². The Bertz CT molecular complexity index is 408. The zero-order valence-electron chi connectivity index (χ0n) is 9.47. The van der Waals surface area contributed by atoms with Crippen LogP contribution in [0.15, 0.2) is 16.6 Å². The van der Waals surface area contributed by atoms with Gasteiger partial charge < -0.3 is 10.1 Å². The van der Waals surface area contributed by atoms with Crippen LogP contribution in [-0.2, 0) is 4.74 Å². The van der Waals surface area contributed by atoms with Gasteiger partial charge in [-0.2, -0.15) is 0 Å². The first-order chi connectivity index (χ1) is 8.15. The Hall–Kier alpha value is -0.520. The molecule has 1 heterocycles. The van der Waals surface area contributed by atoms with Crippen LogP contribution in [0.4, 0.5) is 8.78 Å². The predicted octanol–water partition coefficient (Wildman–Crippen LogP) is 3.02. The molecule has 17 heavy (non-hydrogen) atoms. The van der Waals surface area contributed by atoms with Crippen molar-refractivity contribution in [2.24, 2.45) is 5.92 Å². The van der Waals surface area contributed by atoms with Crippen molar-refractivity contribution in [1.82, 2.24) is 5.32 Å². The van der Waals surface area contributed by atoms with Gasteiger partial charge in [0.15, 0.2) is 11.6 Å². The van der Waals surface area contributed by atoms with Crippen molar-refractivity contribution in [2.75, 3.05) is 20.3 Å². The third kappa shape index (κ3) is 2.51. The Morgan fingerprint density at radius 2 is 2.24 bits per heavy atom. The lowest BCUT2D eigenvalue weighted by Gasteiger charge is -2.23. The Kier molecular flexibility index (Phi) is 4.12. The number of rotatable bonds is 3. The zero-order chi connectivity index (χ0) is 12.4. The fourth-order valence-electron chi connectivity index (χ4n) is 2.24. The first-order valence-corrected chi connectivity index (χ1v) is 6.33. The second-order valence-electron chi connectivity index (χ2n) is 4.15. The standard InChI is InChI=1S/C12H14BrF2NO/c1-16-12(7-4-5-17-6-7)8-2-3-9(14)11(15)10(8)13/h2-3,7,12,16H,4-6H2,1H3. The van der Waals surface area contributed by atoms with Crippen molar-refractivity contribution >= 4 is 15.9 Å². The number of ether oxygens (including phenoxy) is 1. The van der Waals surface area contributed by atoms with Gasteiger partial charge in [0.2, 0.25) is 0 Å². The van der Waals surface area contributed by atoms with E-state index in [4.69, 9.17) is 4.74 Å². The highest BCUT2D eigenvalue weighted by molar-refractivity contribution is 9.10. The Morgan fingerprint density at radius 3 is 2.82 bits per heavy atom. The molecule has 1 aliphatic heterocycles. The van der Waals surface area contributed by atoms with Crippen LogP contribution in [0.1, 0.15) is 18.0 Å². The largest absolute Gasteiger partial charge is 0.381 e. The van der Waals surface area contributed by atoms with Gasteiger partial charge in [0, 0.05) is 18.6 Å². The fraction of sp³-hybridized carbons (Fsp3) is 0.500. The molecule has 2 nitrogen and oxygen atoms in total. The van der Waals surface area contributed by atoms with Gasteiger partial charge in [0.25, 0.3) is 0 Å². The molecule has 0 aromatic heterocycles. The lowest BCUT2D eigenvalue weighted by molar-refractivity contribution is 0.177. The lowest BCUT2D eigenvalue weighted by Crippen LogP contribution is -2.26. The predicted molar refractivity (Wildman–Crippen MR) is 64.8 cm³/mol. The van der Waals surface area contributed by atoms with Crippen molar-refractivity contribution in [3.05, 3.63) is 33.8 Å². The highest BCUT2D eigenvalue weighted by Gasteiger charge is 2.28. The zero-order valence-corrected chi connectivity index (χ0v) is 11.1. The molecule has 0 amide bonds. The Labute approximate surface area is 107 Å². The minimum Gasteiger partial charge on any atom is -0.381 e. The fourth-order valence-corrected chi connectivity index (χ4v) is 2.81. The molecule has 5 heteroatoms. The Balaban J connectivity index is 2.33. The van der Waals surface area contributed by atoms with Gasteiger partial charge in [-0.3, -0.25) is 0 Å². The minimum absolute atomic E-state index is 0.0259. The summed E-state index contributed by atoms with van der Waals surface area (Å²) in [5.74, 6) is -1.37. The molecule has 1 aromatic rings. The van der Waals surface area contributed by atoms with E-state index < -0.39 is 11.6 Å². The SMILES string of the molecule is CNC(c1ccc(F)c(F)c1Br)C1CCOC1. The summed E-state index contributed by atoms with van der Waals surface area (Å²) in [5.41, 5.74) is 0.738. The molecule has 0 radical (unpaired) electrons. The van der Waals surface area contributed by atoms with Crippen LogP contribution in [0.3, 0.4) is 0 Å². The summed E-state index contributed by atoms with van der Waals surface area (Å²) in [7, 11) is 1.82. The van der Waals surface area contributed by atoms with Crippen molar-refractivity contribution in [3.63, 3.8) is 0 Å². The molecule has 1 N–H and O–H groups in total. The summed E-state index contributed by atoms with van der Waals surface area (Å²) in [6.07, 6.45) is 0.928. The molecule has 1 saturated heterocycles. The molecule has 94 valence electrons. The monoisotopic (exact) mass is 305 g/mol. The molecule has 0 aliphatic carbocycles. The van der Waals surface area contributed by atoms with Gasteiger partial charge >= 0.3 is 0 Å². The molecule has 0 bridgehead atoms. The van der Waals surface area contributed by atoms with Crippen LogP contribution < -0.4 is 5.32 Å². The van der Waals surface area contributed by atoms with E-state index in [1.807, 2.05) is 7.05 Å². The number of hydrogen-bond acceptors (Lipinski definition) is 2. The molecule has 1 fully saturated rings. The summed E-state index contributed by atoms with van der Waals surface area (Å²) >= 11 is 3.12. The summed E-state index contributed by atoms with van der Waals surface area (Å²) in [6, 6.07) is 2.75. The second kappa shape index (κ2) is 5.42. The minimum atomic E-state index is -0.835. The van der Waals surface area contributed by atoms with E-state index in [9.17, 15) is 8.78 Å². The first-order valence-electron chi connectivity index (χ1n) is 5.53. The quantitative estimate of drug-likeness (QED) is 0.867. The normalized spacial score (nSPS) is 21.8. The Morgan fingerprint density at radius 1 is 1.47 bits per heavy atom. The maximum Gasteiger partial charge on any atom is 0.173 e. The van der Waals surface area contributed by atoms with Crippen LogP contribution >= 0.6 is 15.9 Å².